The average molecular weight is 223 g/mol. The lowest BCUT2D eigenvalue weighted by molar-refractivity contribution is -0.138. The number of hydrogen-bond donors (Lipinski definition) is 2. The highest BCUT2D eigenvalue weighted by atomic mass is 16.6. The van der Waals surface area contributed by atoms with Crippen molar-refractivity contribution in [2.24, 2.45) is 5.73 Å². The van der Waals surface area contributed by atoms with Crippen molar-refractivity contribution >= 4 is 5.97 Å². The Bertz CT molecular complexity index is 405. The molecule has 0 amide bonds. The maximum absolute atomic E-state index is 10.6. The van der Waals surface area contributed by atoms with Gasteiger partial charge in [-0.25, -0.2) is 0 Å². The molecule has 1 atom stereocenters. The third kappa shape index (κ3) is 2.25. The van der Waals surface area contributed by atoms with E-state index in [1.165, 1.54) is 0 Å². The number of carboxylic acid groups (broad SMARTS) is 1. The summed E-state index contributed by atoms with van der Waals surface area (Å²) in [5.41, 5.74) is 6.29. The van der Waals surface area contributed by atoms with Crippen molar-refractivity contribution in [3.05, 3.63) is 23.8 Å². The largest absolute Gasteiger partial charge is 0.486 e. The van der Waals surface area contributed by atoms with Gasteiger partial charge in [-0.05, 0) is 24.1 Å². The first-order chi connectivity index (χ1) is 7.66. The van der Waals surface area contributed by atoms with Crippen LogP contribution in [0.1, 0.15) is 5.56 Å². The summed E-state index contributed by atoms with van der Waals surface area (Å²) in [4.78, 5) is 10.6. The highest BCUT2D eigenvalue weighted by Gasteiger charge is 2.15. The number of hydrogen-bond acceptors (Lipinski definition) is 4. The molecule has 0 saturated carbocycles. The van der Waals surface area contributed by atoms with E-state index in [2.05, 4.69) is 0 Å². The SMILES string of the molecule is N[C@H](Cc1ccc2c(c1)OCCO2)C(=O)O. The van der Waals surface area contributed by atoms with Gasteiger partial charge in [0.15, 0.2) is 11.5 Å². The van der Waals surface area contributed by atoms with Gasteiger partial charge in [-0.3, -0.25) is 4.79 Å². The van der Waals surface area contributed by atoms with Gasteiger partial charge in [0.25, 0.3) is 0 Å². The Morgan fingerprint density at radius 2 is 2.06 bits per heavy atom. The third-order valence-electron chi connectivity index (χ3n) is 2.38. The number of benzene rings is 1. The number of carboxylic acids is 1. The fourth-order valence-electron chi connectivity index (χ4n) is 1.56. The molecule has 1 aliphatic heterocycles. The predicted octanol–water partition coefficient (Wildman–Crippen LogP) is 0.412. The summed E-state index contributed by atoms with van der Waals surface area (Å²) in [7, 11) is 0. The van der Waals surface area contributed by atoms with Crippen molar-refractivity contribution in [2.45, 2.75) is 12.5 Å². The van der Waals surface area contributed by atoms with Crippen LogP contribution in [0, 0.1) is 0 Å². The number of ether oxygens (including phenoxy) is 2. The minimum atomic E-state index is -1.00. The van der Waals surface area contributed by atoms with Crippen LogP contribution in [-0.2, 0) is 11.2 Å². The van der Waals surface area contributed by atoms with Gasteiger partial charge < -0.3 is 20.3 Å². The van der Waals surface area contributed by atoms with Crippen LogP contribution in [0.3, 0.4) is 0 Å². The Morgan fingerprint density at radius 1 is 1.38 bits per heavy atom. The van der Waals surface area contributed by atoms with Crippen molar-refractivity contribution in [2.75, 3.05) is 13.2 Å². The molecule has 5 heteroatoms. The second-order valence-electron chi connectivity index (χ2n) is 3.63. The summed E-state index contributed by atoms with van der Waals surface area (Å²) >= 11 is 0. The summed E-state index contributed by atoms with van der Waals surface area (Å²) in [6.07, 6.45) is 0.284. The molecule has 0 aromatic heterocycles. The topological polar surface area (TPSA) is 81.8 Å². The standard InChI is InChI=1S/C11H13NO4/c12-8(11(13)14)5-7-1-2-9-10(6-7)16-4-3-15-9/h1-2,6,8H,3-5,12H2,(H,13,14)/t8-/m1/s1. The molecule has 1 aliphatic rings. The van der Waals surface area contributed by atoms with E-state index in [4.69, 9.17) is 20.3 Å². The lowest BCUT2D eigenvalue weighted by Gasteiger charge is -2.19. The lowest BCUT2D eigenvalue weighted by Crippen LogP contribution is -2.32. The molecular formula is C11H13NO4. The summed E-state index contributed by atoms with van der Waals surface area (Å²) in [5, 5.41) is 8.70. The van der Waals surface area contributed by atoms with E-state index in [1.54, 1.807) is 18.2 Å². The van der Waals surface area contributed by atoms with Crippen LogP contribution >= 0.6 is 0 Å². The summed E-state index contributed by atoms with van der Waals surface area (Å²) < 4.78 is 10.8. The van der Waals surface area contributed by atoms with Crippen molar-refractivity contribution in [3.8, 4) is 11.5 Å². The molecule has 0 fully saturated rings. The first-order valence-electron chi connectivity index (χ1n) is 5.04. The first-order valence-corrected chi connectivity index (χ1v) is 5.04. The van der Waals surface area contributed by atoms with Gasteiger partial charge in [0.2, 0.25) is 0 Å². The molecule has 0 spiro atoms. The monoisotopic (exact) mass is 223 g/mol. The zero-order valence-corrected chi connectivity index (χ0v) is 8.68. The second kappa shape index (κ2) is 4.40. The van der Waals surface area contributed by atoms with E-state index in [9.17, 15) is 4.79 Å². The Hall–Kier alpha value is -1.75. The van der Waals surface area contributed by atoms with E-state index in [1.807, 2.05) is 0 Å². The van der Waals surface area contributed by atoms with Crippen LogP contribution in [0.5, 0.6) is 11.5 Å². The smallest absolute Gasteiger partial charge is 0.320 e. The van der Waals surface area contributed by atoms with Crippen molar-refractivity contribution in [1.29, 1.82) is 0 Å². The molecule has 5 nitrogen and oxygen atoms in total. The predicted molar refractivity (Wildman–Crippen MR) is 56.7 cm³/mol. The van der Waals surface area contributed by atoms with Crippen LogP contribution in [0.2, 0.25) is 0 Å². The number of aliphatic carboxylic acids is 1. The van der Waals surface area contributed by atoms with Gasteiger partial charge in [0.1, 0.15) is 19.3 Å². The first kappa shape index (κ1) is 10.8. The zero-order chi connectivity index (χ0) is 11.5. The highest BCUT2D eigenvalue weighted by Crippen LogP contribution is 2.30. The molecule has 1 aromatic carbocycles. The molecular weight excluding hydrogens is 210 g/mol. The molecule has 16 heavy (non-hydrogen) atoms. The van der Waals surface area contributed by atoms with Crippen LogP contribution in [0.25, 0.3) is 0 Å². The van der Waals surface area contributed by atoms with Crippen molar-refractivity contribution in [1.82, 2.24) is 0 Å². The molecule has 0 radical (unpaired) electrons. The highest BCUT2D eigenvalue weighted by molar-refractivity contribution is 5.73. The number of fused-ring (bicyclic) bond motifs is 1. The van der Waals surface area contributed by atoms with Crippen LogP contribution in [0.15, 0.2) is 18.2 Å². The van der Waals surface area contributed by atoms with Gasteiger partial charge >= 0.3 is 5.97 Å². The number of nitrogens with two attached hydrogens (primary N) is 1. The maximum Gasteiger partial charge on any atom is 0.320 e. The molecule has 1 heterocycles. The molecule has 0 aliphatic carbocycles. The van der Waals surface area contributed by atoms with E-state index in [0.717, 1.165) is 5.56 Å². The molecule has 1 aromatic rings. The Kier molecular flexibility index (Phi) is 2.96. The van der Waals surface area contributed by atoms with Crippen molar-refractivity contribution < 1.29 is 19.4 Å². The Balaban J connectivity index is 2.14. The van der Waals surface area contributed by atoms with Crippen LogP contribution < -0.4 is 15.2 Å². The lowest BCUT2D eigenvalue weighted by atomic mass is 10.1. The average Bonchev–Trinajstić information content (AvgIpc) is 2.28. The molecule has 0 saturated heterocycles. The molecule has 86 valence electrons. The maximum atomic E-state index is 10.6. The minimum Gasteiger partial charge on any atom is -0.486 e. The van der Waals surface area contributed by atoms with Gasteiger partial charge in [-0.2, -0.15) is 0 Å². The normalized spacial score (nSPS) is 15.6. The van der Waals surface area contributed by atoms with Gasteiger partial charge in [0, 0.05) is 0 Å². The van der Waals surface area contributed by atoms with Crippen LogP contribution in [-0.4, -0.2) is 30.3 Å². The van der Waals surface area contributed by atoms with Crippen LogP contribution in [0.4, 0.5) is 0 Å². The zero-order valence-electron chi connectivity index (χ0n) is 8.68. The number of carbonyl (C=O) groups is 1. The van der Waals surface area contributed by atoms with Gasteiger partial charge in [-0.15, -0.1) is 0 Å². The fraction of sp³-hybridized carbons (Fsp3) is 0.364. The molecule has 3 N–H and O–H groups in total. The van der Waals surface area contributed by atoms with E-state index >= 15 is 0 Å². The second-order valence-corrected chi connectivity index (χ2v) is 3.63. The molecule has 0 unspecified atom stereocenters. The fourth-order valence-corrected chi connectivity index (χ4v) is 1.56. The summed E-state index contributed by atoms with van der Waals surface area (Å²) in [6.45, 7) is 1.06. The minimum absolute atomic E-state index is 0.284. The van der Waals surface area contributed by atoms with Gasteiger partial charge in [0.05, 0.1) is 0 Å². The van der Waals surface area contributed by atoms with E-state index in [0.29, 0.717) is 24.7 Å². The summed E-state index contributed by atoms with van der Waals surface area (Å²) in [6, 6.07) is 4.47. The van der Waals surface area contributed by atoms with Crippen molar-refractivity contribution in [3.63, 3.8) is 0 Å². The quantitative estimate of drug-likeness (QED) is 0.775. The van der Waals surface area contributed by atoms with E-state index < -0.39 is 12.0 Å². The number of rotatable bonds is 3. The third-order valence-corrected chi connectivity index (χ3v) is 2.38. The Labute approximate surface area is 92.8 Å². The molecule has 0 bridgehead atoms. The van der Waals surface area contributed by atoms with Gasteiger partial charge in [-0.1, -0.05) is 6.07 Å². The Morgan fingerprint density at radius 3 is 2.75 bits per heavy atom. The van der Waals surface area contributed by atoms with E-state index in [-0.39, 0.29) is 6.42 Å². The summed E-state index contributed by atoms with van der Waals surface area (Å²) in [5.74, 6) is 0.343. The molecule has 2 rings (SSSR count).